The average molecular weight is 365 g/mol. The number of halogens is 1. The maximum atomic E-state index is 12.3. The molecule has 0 aliphatic carbocycles. The number of amides is 1. The number of carbonyl (C=O) groups is 1. The number of thiophene rings is 1. The van der Waals surface area contributed by atoms with Gasteiger partial charge in [-0.3, -0.25) is 9.69 Å². The first-order chi connectivity index (χ1) is 11.7. The van der Waals surface area contributed by atoms with Crippen molar-refractivity contribution in [3.63, 3.8) is 0 Å². The van der Waals surface area contributed by atoms with Crippen LogP contribution in [0.1, 0.15) is 21.7 Å². The third-order valence-electron chi connectivity index (χ3n) is 4.42. The SMILES string of the molecule is O=C(N[C@H]1CCN(Cc2ccccc2)C[C@@H]1CO)c1ccc(Cl)s1. The zero-order valence-electron chi connectivity index (χ0n) is 13.3. The minimum Gasteiger partial charge on any atom is -0.396 e. The highest BCUT2D eigenvalue weighted by molar-refractivity contribution is 7.17. The molecule has 0 saturated carbocycles. The van der Waals surface area contributed by atoms with Crippen LogP contribution in [0.5, 0.6) is 0 Å². The van der Waals surface area contributed by atoms with Gasteiger partial charge in [-0.05, 0) is 24.1 Å². The fourth-order valence-electron chi connectivity index (χ4n) is 3.14. The second-order valence-electron chi connectivity index (χ2n) is 6.14. The van der Waals surface area contributed by atoms with Gasteiger partial charge < -0.3 is 10.4 Å². The van der Waals surface area contributed by atoms with Crippen molar-refractivity contribution in [1.29, 1.82) is 0 Å². The summed E-state index contributed by atoms with van der Waals surface area (Å²) in [4.78, 5) is 15.3. The lowest BCUT2D eigenvalue weighted by molar-refractivity contribution is 0.0715. The monoisotopic (exact) mass is 364 g/mol. The van der Waals surface area contributed by atoms with Crippen molar-refractivity contribution in [2.24, 2.45) is 5.92 Å². The number of nitrogens with zero attached hydrogens (tertiary/aromatic N) is 1. The second-order valence-corrected chi connectivity index (χ2v) is 7.85. The van der Waals surface area contributed by atoms with E-state index in [9.17, 15) is 9.90 Å². The first kappa shape index (κ1) is 17.4. The van der Waals surface area contributed by atoms with Gasteiger partial charge in [0.1, 0.15) is 0 Å². The molecule has 128 valence electrons. The summed E-state index contributed by atoms with van der Waals surface area (Å²) in [7, 11) is 0. The highest BCUT2D eigenvalue weighted by Crippen LogP contribution is 2.23. The van der Waals surface area contributed by atoms with Gasteiger partial charge in [-0.1, -0.05) is 41.9 Å². The molecular formula is C18H21ClN2O2S. The Bertz CT molecular complexity index is 677. The molecule has 0 spiro atoms. The van der Waals surface area contributed by atoms with E-state index in [4.69, 9.17) is 11.6 Å². The summed E-state index contributed by atoms with van der Waals surface area (Å²) < 4.78 is 0.608. The molecule has 1 aromatic carbocycles. The molecule has 24 heavy (non-hydrogen) atoms. The molecule has 1 fully saturated rings. The predicted molar refractivity (Wildman–Crippen MR) is 97.5 cm³/mol. The van der Waals surface area contributed by atoms with Crippen molar-refractivity contribution in [3.05, 3.63) is 57.2 Å². The summed E-state index contributed by atoms with van der Waals surface area (Å²) in [5.41, 5.74) is 1.27. The Hall–Kier alpha value is -1.40. The van der Waals surface area contributed by atoms with Crippen LogP contribution in [0.2, 0.25) is 4.34 Å². The topological polar surface area (TPSA) is 52.6 Å². The number of aliphatic hydroxyl groups is 1. The summed E-state index contributed by atoms with van der Waals surface area (Å²) in [6, 6.07) is 13.8. The fourth-order valence-corrected chi connectivity index (χ4v) is 4.09. The smallest absolute Gasteiger partial charge is 0.261 e. The highest BCUT2D eigenvalue weighted by Gasteiger charge is 2.30. The Morgan fingerprint density at radius 2 is 2.08 bits per heavy atom. The summed E-state index contributed by atoms with van der Waals surface area (Å²) in [5.74, 6) is -0.0614. The number of carbonyl (C=O) groups excluding carboxylic acids is 1. The third-order valence-corrected chi connectivity index (χ3v) is 5.64. The number of hydrogen-bond acceptors (Lipinski definition) is 4. The Morgan fingerprint density at radius 3 is 2.75 bits per heavy atom. The molecule has 2 heterocycles. The number of nitrogens with one attached hydrogen (secondary N) is 1. The van der Waals surface area contributed by atoms with E-state index in [1.165, 1.54) is 16.9 Å². The van der Waals surface area contributed by atoms with Crippen LogP contribution >= 0.6 is 22.9 Å². The second kappa shape index (κ2) is 8.12. The molecule has 3 rings (SSSR count). The van der Waals surface area contributed by atoms with Gasteiger partial charge in [0.15, 0.2) is 0 Å². The fraction of sp³-hybridized carbons (Fsp3) is 0.389. The van der Waals surface area contributed by atoms with Gasteiger partial charge in [-0.25, -0.2) is 0 Å². The van der Waals surface area contributed by atoms with Crippen molar-refractivity contribution in [2.45, 2.75) is 19.0 Å². The van der Waals surface area contributed by atoms with Crippen LogP contribution in [0.3, 0.4) is 0 Å². The normalized spacial score (nSPS) is 21.6. The molecule has 2 atom stereocenters. The van der Waals surface area contributed by atoms with Gasteiger partial charge in [0.05, 0.1) is 9.21 Å². The quantitative estimate of drug-likeness (QED) is 0.857. The summed E-state index contributed by atoms with van der Waals surface area (Å²) in [6.45, 7) is 2.63. The molecule has 1 amide bonds. The van der Waals surface area contributed by atoms with Gasteiger partial charge >= 0.3 is 0 Å². The Labute approximate surface area is 151 Å². The van der Waals surface area contributed by atoms with Crippen LogP contribution in [0.4, 0.5) is 0 Å². The van der Waals surface area contributed by atoms with Crippen LogP contribution in [0.25, 0.3) is 0 Å². The van der Waals surface area contributed by atoms with Gasteiger partial charge in [-0.2, -0.15) is 0 Å². The number of benzene rings is 1. The first-order valence-electron chi connectivity index (χ1n) is 8.09. The van der Waals surface area contributed by atoms with Crippen molar-refractivity contribution in [1.82, 2.24) is 10.2 Å². The first-order valence-corrected chi connectivity index (χ1v) is 9.28. The summed E-state index contributed by atoms with van der Waals surface area (Å²) in [5, 5.41) is 12.8. The van der Waals surface area contributed by atoms with Crippen molar-refractivity contribution in [2.75, 3.05) is 19.7 Å². The largest absolute Gasteiger partial charge is 0.396 e. The van der Waals surface area contributed by atoms with Gasteiger partial charge in [0.2, 0.25) is 0 Å². The molecule has 4 nitrogen and oxygen atoms in total. The Balaban J connectivity index is 1.58. The van der Waals surface area contributed by atoms with Crippen LogP contribution in [0.15, 0.2) is 42.5 Å². The third kappa shape index (κ3) is 4.36. The molecule has 0 radical (unpaired) electrons. The lowest BCUT2D eigenvalue weighted by Crippen LogP contribution is -2.51. The van der Waals surface area contributed by atoms with Crippen molar-refractivity contribution >= 4 is 28.8 Å². The van der Waals surface area contributed by atoms with Crippen LogP contribution in [-0.4, -0.2) is 41.7 Å². The molecular weight excluding hydrogens is 344 g/mol. The number of rotatable bonds is 5. The Morgan fingerprint density at radius 1 is 1.29 bits per heavy atom. The van der Waals surface area contributed by atoms with Gasteiger partial charge in [0, 0.05) is 38.2 Å². The molecule has 0 bridgehead atoms. The molecule has 6 heteroatoms. The van der Waals surface area contributed by atoms with Crippen molar-refractivity contribution in [3.8, 4) is 0 Å². The van der Waals surface area contributed by atoms with E-state index in [1.807, 2.05) is 18.2 Å². The number of aliphatic hydroxyl groups excluding tert-OH is 1. The number of piperidine rings is 1. The lowest BCUT2D eigenvalue weighted by atomic mass is 9.92. The van der Waals surface area contributed by atoms with Crippen LogP contribution in [0, 0.1) is 5.92 Å². The van der Waals surface area contributed by atoms with Gasteiger partial charge in [0.25, 0.3) is 5.91 Å². The lowest BCUT2D eigenvalue weighted by Gasteiger charge is -2.38. The van der Waals surface area contributed by atoms with E-state index in [2.05, 4.69) is 22.3 Å². The zero-order valence-corrected chi connectivity index (χ0v) is 14.9. The Kier molecular flexibility index (Phi) is 5.89. The van der Waals surface area contributed by atoms with Crippen LogP contribution in [-0.2, 0) is 6.54 Å². The molecule has 1 aromatic heterocycles. The molecule has 1 aliphatic heterocycles. The summed E-state index contributed by atoms with van der Waals surface area (Å²) >= 11 is 7.17. The van der Waals surface area contributed by atoms with Crippen LogP contribution < -0.4 is 5.32 Å². The van der Waals surface area contributed by atoms with E-state index in [0.29, 0.717) is 9.21 Å². The highest BCUT2D eigenvalue weighted by atomic mass is 35.5. The minimum absolute atomic E-state index is 0.00426. The standard InChI is InChI=1S/C18H21ClN2O2S/c19-17-7-6-16(24-17)18(23)20-15-8-9-21(11-14(15)12-22)10-13-4-2-1-3-5-13/h1-7,14-15,22H,8-12H2,(H,20,23)/t14-,15+/m1/s1. The minimum atomic E-state index is -0.105. The molecule has 1 aliphatic rings. The average Bonchev–Trinajstić information content (AvgIpc) is 3.04. The predicted octanol–water partition coefficient (Wildman–Crippen LogP) is 3.01. The maximum Gasteiger partial charge on any atom is 0.261 e. The molecule has 2 N–H and O–H groups in total. The zero-order chi connectivity index (χ0) is 16.9. The molecule has 1 saturated heterocycles. The van der Waals surface area contributed by atoms with E-state index >= 15 is 0 Å². The maximum absolute atomic E-state index is 12.3. The van der Waals surface area contributed by atoms with Crippen molar-refractivity contribution < 1.29 is 9.90 Å². The molecule has 0 unspecified atom stereocenters. The van der Waals surface area contributed by atoms with E-state index in [1.54, 1.807) is 12.1 Å². The summed E-state index contributed by atoms with van der Waals surface area (Å²) in [6.07, 6.45) is 0.836. The number of likely N-dealkylation sites (tertiary alicyclic amines) is 1. The van der Waals surface area contributed by atoms with E-state index in [-0.39, 0.29) is 24.5 Å². The number of hydrogen-bond donors (Lipinski definition) is 2. The van der Waals surface area contributed by atoms with Gasteiger partial charge in [-0.15, -0.1) is 11.3 Å². The van der Waals surface area contributed by atoms with E-state index < -0.39 is 0 Å². The molecule has 2 aromatic rings. The van der Waals surface area contributed by atoms with E-state index in [0.717, 1.165) is 26.1 Å².